The number of likely N-dealkylation sites (N-methyl/N-ethyl adjacent to an activating group) is 1. The Morgan fingerprint density at radius 1 is 0.904 bits per heavy atom. The number of carbonyl (C=O) groups is 7. The van der Waals surface area contributed by atoms with Crippen LogP contribution in [-0.2, 0) is 28.8 Å². The van der Waals surface area contributed by atoms with Gasteiger partial charge in [-0.15, -0.1) is 0 Å². The van der Waals surface area contributed by atoms with Crippen molar-refractivity contribution in [1.82, 2.24) is 36.4 Å². The van der Waals surface area contributed by atoms with Crippen molar-refractivity contribution in [2.24, 2.45) is 17.3 Å². The lowest BCUT2D eigenvalue weighted by Gasteiger charge is -2.36. The summed E-state index contributed by atoms with van der Waals surface area (Å²) in [7, 11) is 3.12. The van der Waals surface area contributed by atoms with Gasteiger partial charge in [-0.05, 0) is 76.7 Å². The van der Waals surface area contributed by atoms with Crippen molar-refractivity contribution in [1.29, 1.82) is 0 Å². The van der Waals surface area contributed by atoms with E-state index in [0.717, 1.165) is 5.57 Å². The highest BCUT2D eigenvalue weighted by Crippen LogP contribution is 2.34. The highest BCUT2D eigenvalue weighted by atomic mass is 16.2. The van der Waals surface area contributed by atoms with E-state index in [1.807, 2.05) is 61.5 Å². The van der Waals surface area contributed by atoms with Crippen LogP contribution in [0.5, 0.6) is 0 Å². The van der Waals surface area contributed by atoms with Gasteiger partial charge in [0, 0.05) is 26.2 Å². The summed E-state index contributed by atoms with van der Waals surface area (Å²) in [6, 6.07) is 4.05. The molecule has 0 bridgehead atoms. The van der Waals surface area contributed by atoms with E-state index in [1.54, 1.807) is 44.4 Å². The van der Waals surface area contributed by atoms with Crippen LogP contribution in [0, 0.1) is 17.3 Å². The van der Waals surface area contributed by atoms with Crippen molar-refractivity contribution in [3.63, 3.8) is 0 Å². The summed E-state index contributed by atoms with van der Waals surface area (Å²) < 4.78 is 0. The number of amides is 7. The number of hydrogen-bond acceptors (Lipinski definition) is 7. The molecule has 3 unspecified atom stereocenters. The predicted octanol–water partition coefficient (Wildman–Crippen LogP) is 2.21. The molecule has 286 valence electrons. The van der Waals surface area contributed by atoms with Crippen molar-refractivity contribution >= 4 is 41.4 Å². The molecule has 5 atom stereocenters. The molecule has 1 saturated carbocycles. The number of likely N-dealkylation sites (tertiary alicyclic amines) is 1. The zero-order valence-electron chi connectivity index (χ0n) is 32.2. The van der Waals surface area contributed by atoms with Crippen LogP contribution in [0.3, 0.4) is 0 Å². The van der Waals surface area contributed by atoms with Gasteiger partial charge in [0.2, 0.25) is 29.4 Å². The Bertz CT molecular complexity index is 1540. The smallest absolute Gasteiger partial charge is 0.315 e. The van der Waals surface area contributed by atoms with E-state index in [0.29, 0.717) is 24.8 Å². The molecule has 0 spiro atoms. The third kappa shape index (κ3) is 11.9. The van der Waals surface area contributed by atoms with Crippen molar-refractivity contribution in [3.8, 4) is 0 Å². The highest BCUT2D eigenvalue weighted by molar-refractivity contribution is 6.38. The molecule has 7 amide bonds. The van der Waals surface area contributed by atoms with Gasteiger partial charge in [-0.3, -0.25) is 28.8 Å². The number of hydrogen-bond donors (Lipinski definition) is 5. The maximum Gasteiger partial charge on any atom is 0.315 e. The molecule has 0 radical (unpaired) electrons. The van der Waals surface area contributed by atoms with Gasteiger partial charge in [-0.1, -0.05) is 62.8 Å². The molecular formula is C38H57N7O7. The summed E-state index contributed by atoms with van der Waals surface area (Å²) in [6.45, 7) is 14.5. The highest BCUT2D eigenvalue weighted by Gasteiger charge is 2.47. The predicted molar refractivity (Wildman–Crippen MR) is 196 cm³/mol. The second-order valence-electron chi connectivity index (χ2n) is 16.4. The summed E-state index contributed by atoms with van der Waals surface area (Å²) in [6.07, 6.45) is 3.51. The number of nitrogens with zero attached hydrogens (tertiary/aromatic N) is 2. The second kappa shape index (κ2) is 17.2. The van der Waals surface area contributed by atoms with Crippen molar-refractivity contribution < 1.29 is 33.6 Å². The fraction of sp³-hybridized carbons (Fsp3) is 0.605. The van der Waals surface area contributed by atoms with Gasteiger partial charge >= 0.3 is 6.03 Å². The SMILES string of the molecule is CC(C)=CC1C[C@@H](C(=O)NC(C(=O)C(=O)NCC(=O)NC(C(=O)N(C)C)c2ccccc2)C2CC2)N(C(=O)[C@@H](NC(=O)NC(C)(C)C)C(C)(C)C)C1. The van der Waals surface area contributed by atoms with Crippen LogP contribution < -0.4 is 26.6 Å². The molecule has 2 aliphatic rings. The number of allylic oxidation sites excluding steroid dienone is 1. The van der Waals surface area contributed by atoms with Crippen molar-refractivity contribution in [3.05, 3.63) is 47.5 Å². The fourth-order valence-corrected chi connectivity index (χ4v) is 6.14. The van der Waals surface area contributed by atoms with Crippen LogP contribution in [0.15, 0.2) is 42.0 Å². The van der Waals surface area contributed by atoms with Crippen molar-refractivity contribution in [2.75, 3.05) is 27.2 Å². The van der Waals surface area contributed by atoms with E-state index in [-0.39, 0.29) is 24.3 Å². The van der Waals surface area contributed by atoms with Crippen molar-refractivity contribution in [2.45, 2.75) is 104 Å². The molecule has 1 aliphatic heterocycles. The van der Waals surface area contributed by atoms with E-state index in [1.165, 1.54) is 9.80 Å². The van der Waals surface area contributed by atoms with Gasteiger partial charge in [-0.2, -0.15) is 0 Å². The minimum atomic E-state index is -1.16. The molecule has 52 heavy (non-hydrogen) atoms. The number of nitrogens with one attached hydrogen (secondary N) is 5. The maximum absolute atomic E-state index is 14.2. The molecule has 1 aliphatic carbocycles. The molecule has 1 saturated heterocycles. The van der Waals surface area contributed by atoms with Gasteiger partial charge in [0.25, 0.3) is 5.91 Å². The van der Waals surface area contributed by atoms with Gasteiger partial charge in [0.05, 0.1) is 6.54 Å². The molecular weight excluding hydrogens is 666 g/mol. The zero-order chi connectivity index (χ0) is 39.1. The summed E-state index contributed by atoms with van der Waals surface area (Å²) in [5.41, 5.74) is 0.315. The Balaban J connectivity index is 1.75. The molecule has 1 aromatic rings. The van der Waals surface area contributed by atoms with Gasteiger partial charge in [0.15, 0.2) is 0 Å². The molecule has 5 N–H and O–H groups in total. The zero-order valence-corrected chi connectivity index (χ0v) is 32.2. The quantitative estimate of drug-likeness (QED) is 0.153. The van der Waals surface area contributed by atoms with Crippen LogP contribution in [0.2, 0.25) is 0 Å². The van der Waals surface area contributed by atoms with Crippen LogP contribution in [0.4, 0.5) is 4.79 Å². The Morgan fingerprint density at radius 3 is 2.04 bits per heavy atom. The van der Waals surface area contributed by atoms with Crippen LogP contribution >= 0.6 is 0 Å². The number of rotatable bonds is 13. The van der Waals surface area contributed by atoms with E-state index in [9.17, 15) is 33.6 Å². The lowest BCUT2D eigenvalue weighted by Crippen LogP contribution is -2.61. The largest absolute Gasteiger partial charge is 0.347 e. The van der Waals surface area contributed by atoms with E-state index >= 15 is 0 Å². The van der Waals surface area contributed by atoms with Crippen LogP contribution in [0.1, 0.15) is 86.3 Å². The monoisotopic (exact) mass is 723 g/mol. The lowest BCUT2D eigenvalue weighted by atomic mass is 9.85. The first-order chi connectivity index (χ1) is 24.1. The molecule has 1 heterocycles. The number of benzene rings is 1. The molecule has 2 fully saturated rings. The van der Waals surface area contributed by atoms with Gasteiger partial charge in [-0.25, -0.2) is 4.79 Å². The average molecular weight is 724 g/mol. The minimum absolute atomic E-state index is 0.148. The number of carbonyl (C=O) groups excluding carboxylic acids is 7. The van der Waals surface area contributed by atoms with E-state index in [4.69, 9.17) is 0 Å². The first-order valence-corrected chi connectivity index (χ1v) is 17.8. The average Bonchev–Trinajstić information content (AvgIpc) is 3.80. The minimum Gasteiger partial charge on any atom is -0.347 e. The fourth-order valence-electron chi connectivity index (χ4n) is 6.14. The van der Waals surface area contributed by atoms with E-state index in [2.05, 4.69) is 26.6 Å². The molecule has 14 heteroatoms. The third-order valence-electron chi connectivity index (χ3n) is 8.80. The molecule has 3 rings (SSSR count). The Labute approximate surface area is 307 Å². The van der Waals surface area contributed by atoms with E-state index < -0.39 is 77.1 Å². The topological polar surface area (TPSA) is 186 Å². The molecule has 14 nitrogen and oxygen atoms in total. The Morgan fingerprint density at radius 2 is 1.52 bits per heavy atom. The number of ketones is 1. The first-order valence-electron chi connectivity index (χ1n) is 17.8. The lowest BCUT2D eigenvalue weighted by molar-refractivity contribution is -0.144. The van der Waals surface area contributed by atoms with Crippen LogP contribution in [-0.4, -0.2) is 102 Å². The third-order valence-corrected chi connectivity index (χ3v) is 8.80. The summed E-state index contributed by atoms with van der Waals surface area (Å²) in [5, 5.41) is 13.4. The maximum atomic E-state index is 14.2. The summed E-state index contributed by atoms with van der Waals surface area (Å²) >= 11 is 0. The Hall–Kier alpha value is -4.75. The van der Waals surface area contributed by atoms with Crippen LogP contribution in [0.25, 0.3) is 0 Å². The molecule has 1 aromatic carbocycles. The number of Topliss-reactive ketones (excluding diaryl/α,β-unsaturated/α-hetero) is 1. The number of urea groups is 1. The van der Waals surface area contributed by atoms with Gasteiger partial charge < -0.3 is 36.4 Å². The summed E-state index contributed by atoms with van der Waals surface area (Å²) in [4.78, 5) is 96.1. The normalized spacial score (nSPS) is 18.9. The molecule has 0 aromatic heterocycles. The summed E-state index contributed by atoms with van der Waals surface area (Å²) in [5.74, 6) is -4.44. The first kappa shape index (κ1) is 41.7. The Kier molecular flexibility index (Phi) is 13.8. The standard InChI is InChI=1S/C38H57N7O7/c1-22(2)18-23-19-26(45(21-23)35(51)31(37(3,4)5)42-36(52)43-38(6,7)8)32(48)41-28(25-16-17-25)30(47)33(49)39-20-27(46)40-29(34(50)44(9)10)24-14-12-11-13-15-24/h11-15,18,23,25-26,28-29,31H,16-17,19-21H2,1-10H3,(H,39,49)(H,40,46)(H,41,48)(H2,42,43,52)/t23?,26-,28?,29?,31+/m0/s1. The second-order valence-corrected chi connectivity index (χ2v) is 16.4. The van der Waals surface area contributed by atoms with Gasteiger partial charge in [0.1, 0.15) is 24.2 Å².